The smallest absolute Gasteiger partial charge is 0.250 e. The van der Waals surface area contributed by atoms with Gasteiger partial charge in [-0.15, -0.1) is 11.8 Å². The Labute approximate surface area is 202 Å². The molecule has 0 spiro atoms. The molecule has 1 fully saturated rings. The molecule has 0 radical (unpaired) electrons. The Kier molecular flexibility index (Phi) is 7.45. The molecule has 1 atom stereocenters. The summed E-state index contributed by atoms with van der Waals surface area (Å²) in [6.07, 6.45) is 4.08. The third-order valence-corrected chi connectivity index (χ3v) is 7.24. The van der Waals surface area contributed by atoms with E-state index in [4.69, 9.17) is 16.3 Å². The van der Waals surface area contributed by atoms with Crippen molar-refractivity contribution in [1.82, 2.24) is 4.90 Å². The molecule has 174 valence electrons. The molecule has 3 amide bonds. The van der Waals surface area contributed by atoms with E-state index in [2.05, 4.69) is 5.32 Å². The summed E-state index contributed by atoms with van der Waals surface area (Å²) in [6.45, 7) is 1.11. The molecule has 0 bridgehead atoms. The van der Waals surface area contributed by atoms with Gasteiger partial charge in [-0.1, -0.05) is 36.6 Å². The molecule has 2 aliphatic rings. The first-order valence-electron chi connectivity index (χ1n) is 11.0. The van der Waals surface area contributed by atoms with Crippen LogP contribution in [0.15, 0.2) is 47.4 Å². The minimum Gasteiger partial charge on any atom is -0.495 e. The predicted molar refractivity (Wildman–Crippen MR) is 130 cm³/mol. The summed E-state index contributed by atoms with van der Waals surface area (Å²) in [5.74, 6) is -0.501. The van der Waals surface area contributed by atoms with Gasteiger partial charge >= 0.3 is 0 Å². The van der Waals surface area contributed by atoms with Gasteiger partial charge in [-0.2, -0.15) is 0 Å². The molecule has 2 aromatic rings. The van der Waals surface area contributed by atoms with Gasteiger partial charge in [0.15, 0.2) is 5.25 Å². The maximum absolute atomic E-state index is 13.5. The Morgan fingerprint density at radius 1 is 1.12 bits per heavy atom. The van der Waals surface area contributed by atoms with Crippen molar-refractivity contribution in [2.24, 2.45) is 0 Å². The molecule has 2 aliphatic heterocycles. The molecular formula is C24H26ClN3O4S. The van der Waals surface area contributed by atoms with Crippen LogP contribution in [0.2, 0.25) is 5.02 Å². The number of nitrogens with zero attached hydrogens (tertiary/aromatic N) is 2. The normalized spacial score (nSPS) is 18.4. The van der Waals surface area contributed by atoms with E-state index in [1.165, 1.54) is 23.8 Å². The predicted octanol–water partition coefficient (Wildman–Crippen LogP) is 4.20. The third kappa shape index (κ3) is 5.28. The van der Waals surface area contributed by atoms with Gasteiger partial charge in [0, 0.05) is 23.0 Å². The third-order valence-electron chi connectivity index (χ3n) is 5.77. The van der Waals surface area contributed by atoms with Crippen LogP contribution < -0.4 is 15.0 Å². The number of halogens is 1. The van der Waals surface area contributed by atoms with Crippen molar-refractivity contribution in [3.63, 3.8) is 0 Å². The highest BCUT2D eigenvalue weighted by molar-refractivity contribution is 8.01. The average molecular weight is 488 g/mol. The quantitative estimate of drug-likeness (QED) is 0.639. The van der Waals surface area contributed by atoms with E-state index in [0.29, 0.717) is 35.2 Å². The van der Waals surface area contributed by atoms with Crippen LogP contribution in [0, 0.1) is 0 Å². The monoisotopic (exact) mass is 487 g/mol. The number of rotatable bonds is 5. The molecule has 0 saturated carbocycles. The zero-order chi connectivity index (χ0) is 23.4. The number of ether oxygens (including phenoxy) is 1. The highest BCUT2D eigenvalue weighted by atomic mass is 35.5. The van der Waals surface area contributed by atoms with E-state index in [1.807, 2.05) is 18.2 Å². The Balaban J connectivity index is 1.56. The number of thioether (sulfide) groups is 1. The van der Waals surface area contributed by atoms with Crippen molar-refractivity contribution in [1.29, 1.82) is 0 Å². The number of benzene rings is 2. The Bertz CT molecular complexity index is 1060. The summed E-state index contributed by atoms with van der Waals surface area (Å²) in [5.41, 5.74) is 1.04. The summed E-state index contributed by atoms with van der Waals surface area (Å²) in [7, 11) is 1.50. The zero-order valence-electron chi connectivity index (χ0n) is 18.4. The van der Waals surface area contributed by atoms with Crippen LogP contribution in [-0.4, -0.2) is 54.6 Å². The highest BCUT2D eigenvalue weighted by Gasteiger charge is 2.40. The van der Waals surface area contributed by atoms with Gasteiger partial charge in [0.1, 0.15) is 12.3 Å². The lowest BCUT2D eigenvalue weighted by Crippen LogP contribution is -2.51. The molecule has 1 saturated heterocycles. The van der Waals surface area contributed by atoms with Gasteiger partial charge in [0.25, 0.3) is 5.91 Å². The molecule has 2 aromatic carbocycles. The summed E-state index contributed by atoms with van der Waals surface area (Å²) >= 11 is 7.33. The molecule has 0 aromatic heterocycles. The van der Waals surface area contributed by atoms with E-state index >= 15 is 0 Å². The van der Waals surface area contributed by atoms with Crippen molar-refractivity contribution >= 4 is 52.5 Å². The number of carbonyl (C=O) groups excluding carboxylic acids is 3. The van der Waals surface area contributed by atoms with E-state index in [1.54, 1.807) is 29.2 Å². The van der Waals surface area contributed by atoms with Crippen molar-refractivity contribution in [2.45, 2.75) is 35.8 Å². The number of hydrogen-bond donors (Lipinski definition) is 1. The lowest BCUT2D eigenvalue weighted by Gasteiger charge is -2.34. The Hall–Kier alpha value is -2.71. The lowest BCUT2D eigenvalue weighted by atomic mass is 10.2. The van der Waals surface area contributed by atoms with E-state index < -0.39 is 11.2 Å². The van der Waals surface area contributed by atoms with E-state index in [-0.39, 0.29) is 18.4 Å². The molecule has 2 heterocycles. The van der Waals surface area contributed by atoms with Crippen LogP contribution in [0.3, 0.4) is 0 Å². The summed E-state index contributed by atoms with van der Waals surface area (Å²) in [6, 6.07) is 12.3. The van der Waals surface area contributed by atoms with Crippen LogP contribution in [0.4, 0.5) is 11.4 Å². The second-order valence-electron chi connectivity index (χ2n) is 8.02. The number of nitrogens with one attached hydrogen (secondary N) is 1. The van der Waals surface area contributed by atoms with Gasteiger partial charge in [-0.05, 0) is 43.2 Å². The van der Waals surface area contributed by atoms with Crippen LogP contribution in [0.1, 0.15) is 25.7 Å². The summed E-state index contributed by atoms with van der Waals surface area (Å²) in [4.78, 5) is 43.7. The number of methoxy groups -OCH3 is 1. The number of likely N-dealkylation sites (tertiary alicyclic amines) is 1. The van der Waals surface area contributed by atoms with Crippen molar-refractivity contribution in [3.8, 4) is 5.75 Å². The Morgan fingerprint density at radius 2 is 1.85 bits per heavy atom. The minimum absolute atomic E-state index is 0.177. The molecule has 1 unspecified atom stereocenters. The number of fused-ring (bicyclic) bond motifs is 1. The first kappa shape index (κ1) is 23.4. The zero-order valence-corrected chi connectivity index (χ0v) is 20.0. The molecular weight excluding hydrogens is 462 g/mol. The van der Waals surface area contributed by atoms with Crippen LogP contribution in [0.25, 0.3) is 0 Å². The van der Waals surface area contributed by atoms with Crippen LogP contribution >= 0.6 is 23.4 Å². The largest absolute Gasteiger partial charge is 0.495 e. The fraction of sp³-hybridized carbons (Fsp3) is 0.375. The van der Waals surface area contributed by atoms with Crippen molar-refractivity contribution < 1.29 is 19.1 Å². The van der Waals surface area contributed by atoms with Gasteiger partial charge in [0.05, 0.1) is 18.5 Å². The Morgan fingerprint density at radius 3 is 2.58 bits per heavy atom. The lowest BCUT2D eigenvalue weighted by molar-refractivity contribution is -0.135. The topological polar surface area (TPSA) is 79.0 Å². The van der Waals surface area contributed by atoms with Gasteiger partial charge in [-0.25, -0.2) is 0 Å². The summed E-state index contributed by atoms with van der Waals surface area (Å²) < 4.78 is 5.29. The molecule has 9 heteroatoms. The molecule has 7 nitrogen and oxygen atoms in total. The number of hydrogen-bond acceptors (Lipinski definition) is 5. The second kappa shape index (κ2) is 10.5. The van der Waals surface area contributed by atoms with E-state index in [0.717, 1.165) is 30.6 Å². The molecule has 4 rings (SSSR count). The average Bonchev–Trinajstić information content (AvgIpc) is 3.10. The first-order chi connectivity index (χ1) is 16.0. The molecule has 1 N–H and O–H groups in total. The molecule has 33 heavy (non-hydrogen) atoms. The highest BCUT2D eigenvalue weighted by Crippen LogP contribution is 2.40. The van der Waals surface area contributed by atoms with E-state index in [9.17, 15) is 14.4 Å². The van der Waals surface area contributed by atoms with Crippen molar-refractivity contribution in [3.05, 3.63) is 47.5 Å². The number of carbonyl (C=O) groups is 3. The SMILES string of the molecule is COc1ccc(Cl)cc1NC(=O)CN1C(=O)C(C(=O)N2CCCCCC2)Sc2ccccc21. The fourth-order valence-electron chi connectivity index (χ4n) is 4.10. The van der Waals surface area contributed by atoms with Crippen molar-refractivity contribution in [2.75, 3.05) is 37.0 Å². The second-order valence-corrected chi connectivity index (χ2v) is 9.61. The standard InChI is InChI=1S/C24H26ClN3O4S/c1-32-19-11-10-16(25)14-17(19)26-21(29)15-28-18-8-4-5-9-20(18)33-22(24(28)31)23(30)27-12-6-2-3-7-13-27/h4-5,8-11,14,22H,2-3,6-7,12-13,15H2,1H3,(H,26,29). The summed E-state index contributed by atoms with van der Waals surface area (Å²) in [5, 5.41) is 2.32. The number of para-hydroxylation sites is 1. The van der Waals surface area contributed by atoms with Gasteiger partial charge in [0.2, 0.25) is 11.8 Å². The van der Waals surface area contributed by atoms with Crippen LogP contribution in [-0.2, 0) is 14.4 Å². The first-order valence-corrected chi connectivity index (χ1v) is 12.2. The van der Waals surface area contributed by atoms with Gasteiger partial charge in [-0.3, -0.25) is 14.4 Å². The maximum Gasteiger partial charge on any atom is 0.250 e. The minimum atomic E-state index is -0.897. The van der Waals surface area contributed by atoms with Crippen LogP contribution in [0.5, 0.6) is 5.75 Å². The number of amides is 3. The van der Waals surface area contributed by atoms with Gasteiger partial charge < -0.3 is 19.9 Å². The fourth-order valence-corrected chi connectivity index (χ4v) is 5.46. The number of anilines is 2. The molecule has 0 aliphatic carbocycles. The maximum atomic E-state index is 13.5.